The number of rotatable bonds is 3. The molecule has 0 bridgehead atoms. The predicted molar refractivity (Wildman–Crippen MR) is 121 cm³/mol. The minimum atomic E-state index is -4.69. The molecule has 1 fully saturated rings. The van der Waals surface area contributed by atoms with Crippen LogP contribution in [0.4, 0.5) is 35.4 Å². The lowest BCUT2D eigenvalue weighted by atomic mass is 10.1. The third-order valence-corrected chi connectivity index (χ3v) is 5.81. The molecule has 1 atom stereocenters. The molecule has 3 aromatic rings. The van der Waals surface area contributed by atoms with E-state index in [2.05, 4.69) is 20.4 Å². The van der Waals surface area contributed by atoms with Crippen molar-refractivity contribution in [3.63, 3.8) is 0 Å². The molecule has 2 amide bonds. The molecule has 1 aliphatic rings. The molecule has 13 heteroatoms. The van der Waals surface area contributed by atoms with E-state index in [1.165, 1.54) is 7.05 Å². The number of halogens is 3. The van der Waals surface area contributed by atoms with Gasteiger partial charge in [-0.1, -0.05) is 0 Å². The molecule has 4 rings (SSSR count). The number of nitrogens with one attached hydrogen (secondary N) is 1. The van der Waals surface area contributed by atoms with Crippen molar-refractivity contribution < 1.29 is 22.7 Å². The van der Waals surface area contributed by atoms with E-state index in [-0.39, 0.29) is 54.5 Å². The second-order valence-corrected chi connectivity index (χ2v) is 8.17. The number of carbonyl (C=O) groups is 1. The third-order valence-electron chi connectivity index (χ3n) is 5.81. The fraction of sp³-hybridized carbons (Fsp3) is 0.429. The minimum Gasteiger partial charge on any atom is -0.497 e. The highest BCUT2D eigenvalue weighted by atomic mass is 19.4. The van der Waals surface area contributed by atoms with Gasteiger partial charge in [-0.3, -0.25) is 0 Å². The van der Waals surface area contributed by atoms with Gasteiger partial charge in [-0.15, -0.1) is 0 Å². The van der Waals surface area contributed by atoms with Crippen molar-refractivity contribution in [1.29, 1.82) is 0 Å². The summed E-state index contributed by atoms with van der Waals surface area (Å²) in [6.45, 7) is 4.47. The maximum Gasteiger partial charge on any atom is 0.435 e. The first-order valence-corrected chi connectivity index (χ1v) is 10.5. The highest BCUT2D eigenvalue weighted by Gasteiger charge is 2.40. The number of amides is 2. The van der Waals surface area contributed by atoms with E-state index < -0.39 is 11.9 Å². The largest absolute Gasteiger partial charge is 0.497 e. The molecule has 3 N–H and O–H groups in total. The number of carbonyl (C=O) groups excluding carboxylic acids is 1. The van der Waals surface area contributed by atoms with Crippen molar-refractivity contribution in [2.24, 2.45) is 7.05 Å². The molecule has 3 heterocycles. The van der Waals surface area contributed by atoms with Crippen molar-refractivity contribution in [3.8, 4) is 5.75 Å². The standard InChI is InChI=1S/C21H25F3N8O2/c1-11-9-13(34-4)5-6-14(11)26-20(33)31-7-8-32(12(2)10-31)18-15-16(21(22,23)24)29-30(3)17(15)27-19(25)28-18/h5-6,9,12H,7-8,10H2,1-4H3,(H,26,33)(H2,25,27,28)/t12-/m0/s1. The Kier molecular flexibility index (Phi) is 5.87. The van der Waals surface area contributed by atoms with E-state index in [4.69, 9.17) is 10.5 Å². The van der Waals surface area contributed by atoms with E-state index in [9.17, 15) is 18.0 Å². The second-order valence-electron chi connectivity index (χ2n) is 8.17. The Bertz CT molecular complexity index is 1240. The van der Waals surface area contributed by atoms with Crippen molar-refractivity contribution >= 4 is 34.5 Å². The van der Waals surface area contributed by atoms with Crippen LogP contribution in [0.15, 0.2) is 18.2 Å². The topological polar surface area (TPSA) is 114 Å². The van der Waals surface area contributed by atoms with Crippen molar-refractivity contribution in [2.75, 3.05) is 42.7 Å². The van der Waals surface area contributed by atoms with E-state index in [0.29, 0.717) is 11.4 Å². The normalized spacial score (nSPS) is 16.7. The van der Waals surface area contributed by atoms with Gasteiger partial charge in [0.2, 0.25) is 5.95 Å². The zero-order valence-corrected chi connectivity index (χ0v) is 19.1. The number of hydrogen-bond donors (Lipinski definition) is 2. The van der Waals surface area contributed by atoms with Crippen LogP contribution in [0.2, 0.25) is 0 Å². The number of fused-ring (bicyclic) bond motifs is 1. The smallest absolute Gasteiger partial charge is 0.435 e. The van der Waals surface area contributed by atoms with Crippen LogP contribution in [0.1, 0.15) is 18.2 Å². The number of nitrogens with zero attached hydrogens (tertiary/aromatic N) is 6. The summed E-state index contributed by atoms with van der Waals surface area (Å²) in [5.74, 6) is 0.588. The summed E-state index contributed by atoms with van der Waals surface area (Å²) in [6.07, 6.45) is -4.69. The van der Waals surface area contributed by atoms with Gasteiger partial charge in [0, 0.05) is 38.4 Å². The van der Waals surface area contributed by atoms with Gasteiger partial charge >= 0.3 is 12.2 Å². The van der Waals surface area contributed by atoms with Crippen LogP contribution in [0.5, 0.6) is 5.75 Å². The van der Waals surface area contributed by atoms with Crippen LogP contribution in [0, 0.1) is 6.92 Å². The molecule has 0 spiro atoms. The van der Waals surface area contributed by atoms with E-state index >= 15 is 0 Å². The Morgan fingerprint density at radius 1 is 1.26 bits per heavy atom. The lowest BCUT2D eigenvalue weighted by Crippen LogP contribution is -2.55. The Hall–Kier alpha value is -3.77. The number of hydrogen-bond acceptors (Lipinski definition) is 7. The van der Waals surface area contributed by atoms with Gasteiger partial charge in [-0.25, -0.2) is 9.48 Å². The molecule has 0 unspecified atom stereocenters. The molecule has 10 nitrogen and oxygen atoms in total. The Labute approximate surface area is 193 Å². The van der Waals surface area contributed by atoms with Crippen LogP contribution in [0.25, 0.3) is 11.0 Å². The average molecular weight is 478 g/mol. The number of nitrogen functional groups attached to an aromatic ring is 1. The number of aryl methyl sites for hydroxylation is 2. The lowest BCUT2D eigenvalue weighted by molar-refractivity contribution is -0.140. The van der Waals surface area contributed by atoms with Gasteiger partial charge in [0.1, 0.15) is 11.6 Å². The lowest BCUT2D eigenvalue weighted by Gasteiger charge is -2.40. The summed E-state index contributed by atoms with van der Waals surface area (Å²) < 4.78 is 47.3. The van der Waals surface area contributed by atoms with Gasteiger partial charge in [-0.2, -0.15) is 28.2 Å². The van der Waals surface area contributed by atoms with Crippen molar-refractivity contribution in [1.82, 2.24) is 24.6 Å². The predicted octanol–water partition coefficient (Wildman–Crippen LogP) is 3.02. The summed E-state index contributed by atoms with van der Waals surface area (Å²) in [5.41, 5.74) is 6.23. The number of ether oxygens (including phenoxy) is 1. The highest BCUT2D eigenvalue weighted by molar-refractivity contribution is 5.92. The van der Waals surface area contributed by atoms with Gasteiger partial charge < -0.3 is 25.6 Å². The first kappa shape index (κ1) is 23.4. The number of alkyl halides is 3. The van der Waals surface area contributed by atoms with Crippen LogP contribution in [-0.2, 0) is 13.2 Å². The Morgan fingerprint density at radius 3 is 2.62 bits per heavy atom. The number of nitrogens with two attached hydrogens (primary N) is 1. The van der Waals surface area contributed by atoms with Gasteiger partial charge in [0.15, 0.2) is 11.3 Å². The minimum absolute atomic E-state index is 0.00261. The molecule has 1 aliphatic heterocycles. The number of piperazine rings is 1. The van der Waals surface area contributed by atoms with Crippen LogP contribution < -0.4 is 20.7 Å². The van der Waals surface area contributed by atoms with Gasteiger partial charge in [0.25, 0.3) is 0 Å². The second kappa shape index (κ2) is 8.54. The molecule has 34 heavy (non-hydrogen) atoms. The Balaban J connectivity index is 1.58. The fourth-order valence-electron chi connectivity index (χ4n) is 4.11. The monoisotopic (exact) mass is 478 g/mol. The SMILES string of the molecule is COc1ccc(NC(=O)N2CCN(c3nc(N)nc4c3c(C(F)(F)F)nn4C)[C@@H](C)C2)c(C)c1. The fourth-order valence-corrected chi connectivity index (χ4v) is 4.11. The summed E-state index contributed by atoms with van der Waals surface area (Å²) in [7, 11) is 2.94. The molecule has 2 aromatic heterocycles. The van der Waals surface area contributed by atoms with Crippen molar-refractivity contribution in [3.05, 3.63) is 29.5 Å². The number of anilines is 3. The zero-order valence-electron chi connectivity index (χ0n) is 19.1. The average Bonchev–Trinajstić information content (AvgIpc) is 3.11. The van der Waals surface area contributed by atoms with E-state index in [1.807, 2.05) is 19.9 Å². The molecule has 182 valence electrons. The maximum atomic E-state index is 13.7. The molecule has 1 aromatic carbocycles. The molecular formula is C21H25F3N8O2. The summed E-state index contributed by atoms with van der Waals surface area (Å²) in [6, 6.07) is 4.68. The number of urea groups is 1. The van der Waals surface area contributed by atoms with Crippen molar-refractivity contribution in [2.45, 2.75) is 26.1 Å². The molecule has 1 saturated heterocycles. The maximum absolute atomic E-state index is 13.7. The molecule has 0 saturated carbocycles. The van der Waals surface area contributed by atoms with Crippen LogP contribution in [0.3, 0.4) is 0 Å². The molecule has 0 aliphatic carbocycles. The number of aromatic nitrogens is 4. The summed E-state index contributed by atoms with van der Waals surface area (Å²) in [4.78, 5) is 24.3. The van der Waals surface area contributed by atoms with Crippen LogP contribution in [-0.4, -0.2) is 63.5 Å². The number of benzene rings is 1. The quantitative estimate of drug-likeness (QED) is 0.595. The first-order chi connectivity index (χ1) is 16.0. The molecule has 0 radical (unpaired) electrons. The molecular weight excluding hydrogens is 453 g/mol. The highest BCUT2D eigenvalue weighted by Crippen LogP contribution is 2.38. The van der Waals surface area contributed by atoms with E-state index in [1.54, 1.807) is 29.0 Å². The van der Waals surface area contributed by atoms with Gasteiger partial charge in [-0.05, 0) is 37.6 Å². The first-order valence-electron chi connectivity index (χ1n) is 10.5. The summed E-state index contributed by atoms with van der Waals surface area (Å²) in [5, 5.41) is 6.29. The van der Waals surface area contributed by atoms with Gasteiger partial charge in [0.05, 0.1) is 12.5 Å². The van der Waals surface area contributed by atoms with Crippen LogP contribution >= 0.6 is 0 Å². The van der Waals surface area contributed by atoms with E-state index in [0.717, 1.165) is 10.2 Å². The third kappa shape index (κ3) is 4.24. The Morgan fingerprint density at radius 2 is 2.00 bits per heavy atom. The number of methoxy groups -OCH3 is 1. The zero-order chi connectivity index (χ0) is 24.8. The summed E-state index contributed by atoms with van der Waals surface area (Å²) >= 11 is 0.